The largest absolute Gasteiger partial charge is 0.478 e. The lowest BCUT2D eigenvalue weighted by molar-refractivity contribution is -0.131. The number of hydrogen-bond acceptors (Lipinski definition) is 1. The highest BCUT2D eigenvalue weighted by atomic mass is 16.4. The Morgan fingerprint density at radius 2 is 1.60 bits per heavy atom. The molecule has 0 saturated carbocycles. The summed E-state index contributed by atoms with van der Waals surface area (Å²) < 4.78 is 0. The molecule has 1 aromatic rings. The molecule has 0 aliphatic rings. The van der Waals surface area contributed by atoms with Gasteiger partial charge in [-0.15, -0.1) is 0 Å². The Balaban J connectivity index is 0. The van der Waals surface area contributed by atoms with Crippen molar-refractivity contribution in [2.75, 3.05) is 0 Å². The molecule has 0 atom stereocenters. The van der Waals surface area contributed by atoms with E-state index in [1.807, 2.05) is 43.3 Å². The molecular weight excluding hydrogens is 248 g/mol. The van der Waals surface area contributed by atoms with E-state index < -0.39 is 5.97 Å². The molecule has 2 nitrogen and oxygen atoms in total. The van der Waals surface area contributed by atoms with E-state index >= 15 is 0 Å². The number of hydrogen-bond donors (Lipinski definition) is 1. The number of benzene rings is 1. The zero-order chi connectivity index (χ0) is 15.6. The third-order valence-electron chi connectivity index (χ3n) is 1.74. The second-order valence-corrected chi connectivity index (χ2v) is 3.31. The van der Waals surface area contributed by atoms with Crippen molar-refractivity contribution in [3.63, 3.8) is 0 Å². The quantitative estimate of drug-likeness (QED) is 0.624. The van der Waals surface area contributed by atoms with E-state index in [2.05, 4.69) is 19.7 Å². The van der Waals surface area contributed by atoms with Gasteiger partial charge in [-0.3, -0.25) is 0 Å². The zero-order valence-electron chi connectivity index (χ0n) is 11.9. The average Bonchev–Trinajstić information content (AvgIpc) is 2.49. The fourth-order valence-corrected chi connectivity index (χ4v) is 0.838. The van der Waals surface area contributed by atoms with Crippen LogP contribution in [0.4, 0.5) is 0 Å². The van der Waals surface area contributed by atoms with Gasteiger partial charge in [0.05, 0.1) is 0 Å². The third kappa shape index (κ3) is 17.8. The van der Waals surface area contributed by atoms with E-state index in [4.69, 9.17) is 5.11 Å². The average molecular weight is 270 g/mol. The Labute approximate surface area is 121 Å². The highest BCUT2D eigenvalue weighted by Gasteiger charge is 1.78. The maximum atomic E-state index is 9.75. The van der Waals surface area contributed by atoms with Gasteiger partial charge in [-0.05, 0) is 12.5 Å². The number of allylic oxidation sites excluding steroid dienone is 5. The first-order valence-electron chi connectivity index (χ1n) is 6.05. The maximum Gasteiger partial charge on any atom is 0.328 e. The molecule has 0 saturated heterocycles. The summed E-state index contributed by atoms with van der Waals surface area (Å²) in [6, 6.07) is 10.0. The number of aliphatic carboxylic acids is 1. The van der Waals surface area contributed by atoms with Crippen molar-refractivity contribution in [1.29, 1.82) is 0 Å². The fourth-order valence-electron chi connectivity index (χ4n) is 0.838. The molecule has 0 amide bonds. The lowest BCUT2D eigenvalue weighted by Crippen LogP contribution is -1.83. The highest BCUT2D eigenvalue weighted by molar-refractivity contribution is 5.80. The van der Waals surface area contributed by atoms with Crippen LogP contribution in [-0.2, 0) is 4.79 Å². The summed E-state index contributed by atoms with van der Waals surface area (Å²) in [6.07, 6.45) is 11.1. The van der Waals surface area contributed by atoms with Crippen molar-refractivity contribution in [2.24, 2.45) is 0 Å². The zero-order valence-corrected chi connectivity index (χ0v) is 11.9. The van der Waals surface area contributed by atoms with Crippen molar-refractivity contribution in [3.8, 4) is 0 Å². The second kappa shape index (κ2) is 16.4. The molecule has 20 heavy (non-hydrogen) atoms. The van der Waals surface area contributed by atoms with Gasteiger partial charge in [-0.2, -0.15) is 0 Å². The number of carboxylic acids is 1. The van der Waals surface area contributed by atoms with E-state index in [-0.39, 0.29) is 0 Å². The maximum absolute atomic E-state index is 9.75. The Morgan fingerprint density at radius 3 is 1.90 bits per heavy atom. The molecule has 0 spiro atoms. The lowest BCUT2D eigenvalue weighted by atomic mass is 10.2. The smallest absolute Gasteiger partial charge is 0.328 e. The summed E-state index contributed by atoms with van der Waals surface area (Å²) in [7, 11) is 0. The predicted octanol–water partition coefficient (Wildman–Crippen LogP) is 4.89. The summed E-state index contributed by atoms with van der Waals surface area (Å²) in [6.45, 7) is 12.2. The van der Waals surface area contributed by atoms with Crippen LogP contribution in [0.2, 0.25) is 0 Å². The van der Waals surface area contributed by atoms with Gasteiger partial charge < -0.3 is 5.11 Å². The van der Waals surface area contributed by atoms with Crippen LogP contribution in [0, 0.1) is 0 Å². The molecule has 0 fully saturated rings. The standard InChI is InChI=1S/C8H8.C6H8O2.C4H6/c1-2-8-6-4-3-5-7-8;1-2-3-4-5-6(7)8;1-3-4-2/h2-7H,1H2;2-5H,1H3,(H,7,8);3-4H,1-2H2/b;3-2+,5-4+;. The summed E-state index contributed by atoms with van der Waals surface area (Å²) in [5.74, 6) is -0.914. The number of carboxylic acid groups (broad SMARTS) is 1. The van der Waals surface area contributed by atoms with Gasteiger partial charge in [-0.25, -0.2) is 4.79 Å². The summed E-state index contributed by atoms with van der Waals surface area (Å²) >= 11 is 0. The highest BCUT2D eigenvalue weighted by Crippen LogP contribution is 1.97. The molecular formula is C18H22O2. The first kappa shape index (κ1) is 19.7. The monoisotopic (exact) mass is 270 g/mol. The second-order valence-electron chi connectivity index (χ2n) is 3.31. The Bertz CT molecular complexity index is 434. The Kier molecular flexibility index (Phi) is 16.2. The minimum absolute atomic E-state index is 0.914. The number of rotatable bonds is 4. The van der Waals surface area contributed by atoms with Gasteiger partial charge >= 0.3 is 5.97 Å². The van der Waals surface area contributed by atoms with E-state index in [1.165, 1.54) is 11.6 Å². The first-order valence-corrected chi connectivity index (χ1v) is 6.05. The van der Waals surface area contributed by atoms with E-state index in [0.29, 0.717) is 0 Å². The normalized spacial score (nSPS) is 8.85. The molecule has 106 valence electrons. The van der Waals surface area contributed by atoms with Gasteiger partial charge in [0.1, 0.15) is 0 Å². The Morgan fingerprint density at radius 1 is 1.05 bits per heavy atom. The van der Waals surface area contributed by atoms with Gasteiger partial charge in [0, 0.05) is 6.08 Å². The molecule has 0 bridgehead atoms. The molecule has 0 heterocycles. The van der Waals surface area contributed by atoms with Crippen LogP contribution in [0.1, 0.15) is 12.5 Å². The summed E-state index contributed by atoms with van der Waals surface area (Å²) in [5, 5.41) is 8.02. The SMILES string of the molecule is C/C=C/C=C/C(=O)O.C=CC=C.C=Cc1ccccc1. The van der Waals surface area contributed by atoms with Crippen molar-refractivity contribution >= 4 is 12.0 Å². The molecule has 1 rings (SSSR count). The third-order valence-corrected chi connectivity index (χ3v) is 1.74. The van der Waals surface area contributed by atoms with Gasteiger partial charge in [-0.1, -0.05) is 86.5 Å². The molecule has 0 unspecified atom stereocenters. The molecule has 1 N–H and O–H groups in total. The minimum Gasteiger partial charge on any atom is -0.478 e. The van der Waals surface area contributed by atoms with Crippen molar-refractivity contribution < 1.29 is 9.90 Å². The lowest BCUT2D eigenvalue weighted by Gasteiger charge is -1.85. The fraction of sp³-hybridized carbons (Fsp3) is 0.0556. The molecule has 2 heteroatoms. The van der Waals surface area contributed by atoms with Crippen LogP contribution in [0.25, 0.3) is 6.08 Å². The van der Waals surface area contributed by atoms with E-state index in [1.54, 1.807) is 24.3 Å². The molecule has 1 aromatic carbocycles. The van der Waals surface area contributed by atoms with Crippen LogP contribution in [0.15, 0.2) is 86.5 Å². The minimum atomic E-state index is -0.914. The van der Waals surface area contributed by atoms with Crippen LogP contribution >= 0.6 is 0 Å². The molecule has 0 aliphatic heterocycles. The predicted molar refractivity (Wildman–Crippen MR) is 88.5 cm³/mol. The van der Waals surface area contributed by atoms with E-state index in [9.17, 15) is 4.79 Å². The first-order chi connectivity index (χ1) is 9.62. The van der Waals surface area contributed by atoms with Crippen molar-refractivity contribution in [3.05, 3.63) is 92.1 Å². The molecule has 0 aromatic heterocycles. The van der Waals surface area contributed by atoms with Gasteiger partial charge in [0.25, 0.3) is 0 Å². The summed E-state index contributed by atoms with van der Waals surface area (Å²) in [4.78, 5) is 9.75. The van der Waals surface area contributed by atoms with Crippen molar-refractivity contribution in [2.45, 2.75) is 6.92 Å². The summed E-state index contributed by atoms with van der Waals surface area (Å²) in [5.41, 5.74) is 1.17. The molecule has 0 radical (unpaired) electrons. The van der Waals surface area contributed by atoms with Crippen LogP contribution in [0.3, 0.4) is 0 Å². The van der Waals surface area contributed by atoms with Gasteiger partial charge in [0.15, 0.2) is 0 Å². The molecule has 0 aliphatic carbocycles. The van der Waals surface area contributed by atoms with Crippen LogP contribution < -0.4 is 0 Å². The van der Waals surface area contributed by atoms with Crippen molar-refractivity contribution in [1.82, 2.24) is 0 Å². The number of carbonyl (C=O) groups is 1. The topological polar surface area (TPSA) is 37.3 Å². The van der Waals surface area contributed by atoms with Crippen LogP contribution in [0.5, 0.6) is 0 Å². The Hall–Kier alpha value is -2.61. The van der Waals surface area contributed by atoms with E-state index in [0.717, 1.165) is 6.08 Å². The van der Waals surface area contributed by atoms with Gasteiger partial charge in [0.2, 0.25) is 0 Å². The van der Waals surface area contributed by atoms with Crippen LogP contribution in [-0.4, -0.2) is 11.1 Å².